The smallest absolute Gasteiger partial charge is 0.335 e. The molecule has 0 bridgehead atoms. The first-order chi connectivity index (χ1) is 11.5. The van der Waals surface area contributed by atoms with Crippen molar-refractivity contribution in [2.75, 3.05) is 26.6 Å². The number of carbonyl (C=O) groups excluding carboxylic acids is 1. The van der Waals surface area contributed by atoms with Crippen molar-refractivity contribution < 1.29 is 28.9 Å². The number of rotatable bonds is 6. The van der Waals surface area contributed by atoms with Crippen LogP contribution in [0.2, 0.25) is 0 Å². The van der Waals surface area contributed by atoms with Crippen molar-refractivity contribution in [3.8, 4) is 17.2 Å². The Morgan fingerprint density at radius 3 is 2.00 bits per heavy atom. The van der Waals surface area contributed by atoms with Gasteiger partial charge in [-0.25, -0.2) is 4.79 Å². The Morgan fingerprint density at radius 2 is 1.50 bits per heavy atom. The largest absolute Gasteiger partial charge is 0.497 e. The van der Waals surface area contributed by atoms with E-state index in [0.29, 0.717) is 22.8 Å². The van der Waals surface area contributed by atoms with Gasteiger partial charge in [-0.1, -0.05) is 0 Å². The van der Waals surface area contributed by atoms with Crippen molar-refractivity contribution in [2.45, 2.75) is 0 Å². The minimum atomic E-state index is -1.10. The lowest BCUT2D eigenvalue weighted by Gasteiger charge is -2.12. The Hall–Kier alpha value is -3.22. The molecule has 126 valence electrons. The van der Waals surface area contributed by atoms with Crippen molar-refractivity contribution >= 4 is 17.6 Å². The number of amides is 1. The number of hydrogen-bond acceptors (Lipinski definition) is 5. The Bertz CT molecular complexity index is 749. The van der Waals surface area contributed by atoms with Crippen LogP contribution in [0.1, 0.15) is 20.7 Å². The van der Waals surface area contributed by atoms with E-state index in [4.69, 9.17) is 19.3 Å². The van der Waals surface area contributed by atoms with Crippen LogP contribution in [-0.2, 0) is 0 Å². The summed E-state index contributed by atoms with van der Waals surface area (Å²) >= 11 is 0. The second-order valence-electron chi connectivity index (χ2n) is 4.78. The summed E-state index contributed by atoms with van der Waals surface area (Å²) in [4.78, 5) is 23.6. The predicted octanol–water partition coefficient (Wildman–Crippen LogP) is 2.66. The molecule has 0 atom stereocenters. The molecule has 0 radical (unpaired) electrons. The highest BCUT2D eigenvalue weighted by Gasteiger charge is 2.14. The molecule has 0 aliphatic carbocycles. The van der Waals surface area contributed by atoms with E-state index in [1.54, 1.807) is 18.2 Å². The van der Waals surface area contributed by atoms with E-state index in [9.17, 15) is 9.59 Å². The van der Waals surface area contributed by atoms with Crippen LogP contribution in [-0.4, -0.2) is 38.3 Å². The Morgan fingerprint density at radius 1 is 0.875 bits per heavy atom. The molecule has 0 heterocycles. The van der Waals surface area contributed by atoms with Gasteiger partial charge >= 0.3 is 5.97 Å². The maximum Gasteiger partial charge on any atom is 0.335 e. The van der Waals surface area contributed by atoms with Gasteiger partial charge in [0.05, 0.1) is 32.6 Å². The molecule has 0 aliphatic heterocycles. The first-order valence-electron chi connectivity index (χ1n) is 6.94. The topological polar surface area (TPSA) is 94.1 Å². The molecule has 1 amide bonds. The quantitative estimate of drug-likeness (QED) is 0.845. The van der Waals surface area contributed by atoms with Crippen molar-refractivity contribution in [3.05, 3.63) is 47.5 Å². The molecule has 2 aromatic rings. The maximum absolute atomic E-state index is 12.5. The molecular formula is C17H17NO6. The summed E-state index contributed by atoms with van der Waals surface area (Å²) in [7, 11) is 4.39. The second kappa shape index (κ2) is 7.36. The number of anilines is 1. The molecule has 0 aliphatic rings. The summed E-state index contributed by atoms with van der Waals surface area (Å²) in [6.45, 7) is 0. The zero-order valence-electron chi connectivity index (χ0n) is 13.5. The molecule has 0 fully saturated rings. The predicted molar refractivity (Wildman–Crippen MR) is 87.5 cm³/mol. The van der Waals surface area contributed by atoms with E-state index in [1.165, 1.54) is 39.5 Å². The number of benzene rings is 2. The molecule has 0 spiro atoms. The molecule has 7 nitrogen and oxygen atoms in total. The van der Waals surface area contributed by atoms with Gasteiger partial charge in [-0.05, 0) is 30.3 Å². The van der Waals surface area contributed by atoms with E-state index < -0.39 is 11.9 Å². The molecule has 0 unspecified atom stereocenters. The van der Waals surface area contributed by atoms with Crippen LogP contribution in [0, 0.1) is 0 Å². The third-order valence-electron chi connectivity index (χ3n) is 3.31. The van der Waals surface area contributed by atoms with Gasteiger partial charge in [-0.2, -0.15) is 0 Å². The maximum atomic E-state index is 12.5. The number of ether oxygens (including phenoxy) is 3. The van der Waals surface area contributed by atoms with Crippen molar-refractivity contribution in [2.24, 2.45) is 0 Å². The fourth-order valence-corrected chi connectivity index (χ4v) is 2.07. The van der Waals surface area contributed by atoms with Crippen LogP contribution in [0.4, 0.5) is 5.69 Å². The van der Waals surface area contributed by atoms with Crippen LogP contribution in [0.3, 0.4) is 0 Å². The summed E-state index contributed by atoms with van der Waals surface area (Å²) < 4.78 is 15.4. The number of methoxy groups -OCH3 is 3. The fraction of sp³-hybridized carbons (Fsp3) is 0.176. The SMILES string of the molecule is COc1cc(OC)cc(C(=O)Nc2cc(C(=O)O)ccc2OC)c1. The second-order valence-corrected chi connectivity index (χ2v) is 4.78. The van der Waals surface area contributed by atoms with Crippen LogP contribution >= 0.6 is 0 Å². The zero-order chi connectivity index (χ0) is 17.7. The molecule has 2 aromatic carbocycles. The number of aromatic carboxylic acids is 1. The van der Waals surface area contributed by atoms with Crippen molar-refractivity contribution in [1.82, 2.24) is 0 Å². The van der Waals surface area contributed by atoms with Gasteiger partial charge in [0.1, 0.15) is 17.2 Å². The van der Waals surface area contributed by atoms with Gasteiger partial charge in [0.25, 0.3) is 5.91 Å². The standard InChI is InChI=1S/C17H17NO6/c1-22-12-6-11(7-13(9-12)23-2)16(19)18-14-8-10(17(20)21)4-5-15(14)24-3/h4-9H,1-3H3,(H,18,19)(H,20,21). The third-order valence-corrected chi connectivity index (χ3v) is 3.31. The van der Waals surface area contributed by atoms with Gasteiger partial charge in [0.15, 0.2) is 0 Å². The highest BCUT2D eigenvalue weighted by Crippen LogP contribution is 2.28. The highest BCUT2D eigenvalue weighted by molar-refractivity contribution is 6.06. The number of carboxylic acid groups (broad SMARTS) is 1. The van der Waals surface area contributed by atoms with Gasteiger partial charge < -0.3 is 24.6 Å². The van der Waals surface area contributed by atoms with Crippen LogP contribution in [0.25, 0.3) is 0 Å². The molecule has 24 heavy (non-hydrogen) atoms. The molecule has 2 rings (SSSR count). The zero-order valence-corrected chi connectivity index (χ0v) is 13.5. The summed E-state index contributed by atoms with van der Waals surface area (Å²) in [6.07, 6.45) is 0. The molecule has 0 aromatic heterocycles. The summed E-state index contributed by atoms with van der Waals surface area (Å²) in [5, 5.41) is 11.7. The Kier molecular flexibility index (Phi) is 5.26. The summed E-state index contributed by atoms with van der Waals surface area (Å²) in [6, 6.07) is 8.94. The van der Waals surface area contributed by atoms with E-state index in [2.05, 4.69) is 5.32 Å². The lowest BCUT2D eigenvalue weighted by atomic mass is 10.1. The highest BCUT2D eigenvalue weighted by atomic mass is 16.5. The minimum Gasteiger partial charge on any atom is -0.497 e. The summed E-state index contributed by atoms with van der Waals surface area (Å²) in [5.74, 6) is -0.274. The van der Waals surface area contributed by atoms with Gasteiger partial charge in [-0.3, -0.25) is 4.79 Å². The fourth-order valence-electron chi connectivity index (χ4n) is 2.07. The van der Waals surface area contributed by atoms with Crippen LogP contribution in [0.15, 0.2) is 36.4 Å². The molecule has 2 N–H and O–H groups in total. The molecule has 7 heteroatoms. The van der Waals surface area contributed by atoms with Crippen molar-refractivity contribution in [1.29, 1.82) is 0 Å². The number of hydrogen-bond donors (Lipinski definition) is 2. The van der Waals surface area contributed by atoms with Gasteiger partial charge in [0, 0.05) is 11.6 Å². The van der Waals surface area contributed by atoms with E-state index in [0.717, 1.165) is 0 Å². The molecule has 0 saturated carbocycles. The monoisotopic (exact) mass is 331 g/mol. The normalized spacial score (nSPS) is 9.96. The first-order valence-corrected chi connectivity index (χ1v) is 6.94. The lowest BCUT2D eigenvalue weighted by molar-refractivity contribution is 0.0696. The number of carboxylic acids is 1. The van der Waals surface area contributed by atoms with Crippen molar-refractivity contribution in [3.63, 3.8) is 0 Å². The van der Waals surface area contributed by atoms with E-state index in [-0.39, 0.29) is 11.3 Å². The van der Waals surface area contributed by atoms with E-state index >= 15 is 0 Å². The van der Waals surface area contributed by atoms with Gasteiger partial charge in [0.2, 0.25) is 0 Å². The average molecular weight is 331 g/mol. The third kappa shape index (κ3) is 3.75. The summed E-state index contributed by atoms with van der Waals surface area (Å²) in [5.41, 5.74) is 0.590. The average Bonchev–Trinajstić information content (AvgIpc) is 2.60. The Balaban J connectivity index is 2.35. The first kappa shape index (κ1) is 17.1. The minimum absolute atomic E-state index is 0.0364. The molecular weight excluding hydrogens is 314 g/mol. The lowest BCUT2D eigenvalue weighted by Crippen LogP contribution is -2.13. The Labute approximate surface area is 138 Å². The number of carbonyl (C=O) groups is 2. The van der Waals surface area contributed by atoms with Crippen LogP contribution < -0.4 is 19.5 Å². The molecule has 0 saturated heterocycles. The van der Waals surface area contributed by atoms with Crippen LogP contribution in [0.5, 0.6) is 17.2 Å². The van der Waals surface area contributed by atoms with Gasteiger partial charge in [-0.15, -0.1) is 0 Å². The van der Waals surface area contributed by atoms with E-state index in [1.807, 2.05) is 0 Å². The number of nitrogens with one attached hydrogen (secondary N) is 1.